The van der Waals surface area contributed by atoms with E-state index in [1.165, 1.54) is 0 Å². The maximum atomic E-state index is 12.0. The lowest BCUT2D eigenvalue weighted by atomic mass is 10.1. The van der Waals surface area contributed by atoms with Gasteiger partial charge in [0.05, 0.1) is 10.6 Å². The highest BCUT2D eigenvalue weighted by Crippen LogP contribution is 2.22. The van der Waals surface area contributed by atoms with Crippen molar-refractivity contribution in [3.63, 3.8) is 0 Å². The molecule has 0 bridgehead atoms. The lowest BCUT2D eigenvalue weighted by molar-refractivity contribution is -0.120. The second-order valence-corrected chi connectivity index (χ2v) is 8.38. The van der Waals surface area contributed by atoms with Crippen molar-refractivity contribution < 1.29 is 13.2 Å². The van der Waals surface area contributed by atoms with Gasteiger partial charge in [-0.15, -0.1) is 0 Å². The van der Waals surface area contributed by atoms with Crippen LogP contribution in [0.1, 0.15) is 29.7 Å². The number of carbonyl (C=O) groups is 1. The molecule has 1 aromatic rings. The van der Waals surface area contributed by atoms with E-state index < -0.39 is 15.1 Å². The Morgan fingerprint density at radius 3 is 2.65 bits per heavy atom. The SMILES string of the molecule is O=C(NCC(Br)c1ccccc1)C1CCCCS1(=O)=O. The molecule has 1 aliphatic rings. The molecule has 0 radical (unpaired) electrons. The van der Waals surface area contributed by atoms with Crippen LogP contribution in [0.5, 0.6) is 0 Å². The molecule has 6 heteroatoms. The highest BCUT2D eigenvalue weighted by molar-refractivity contribution is 9.09. The number of benzene rings is 1. The van der Waals surface area contributed by atoms with Crippen molar-refractivity contribution in [1.29, 1.82) is 0 Å². The Morgan fingerprint density at radius 1 is 1.30 bits per heavy atom. The Hall–Kier alpha value is -0.880. The van der Waals surface area contributed by atoms with Gasteiger partial charge in [-0.2, -0.15) is 0 Å². The topological polar surface area (TPSA) is 63.2 Å². The molecule has 2 atom stereocenters. The molecule has 2 unspecified atom stereocenters. The van der Waals surface area contributed by atoms with Crippen molar-refractivity contribution in [3.05, 3.63) is 35.9 Å². The molecule has 0 aliphatic carbocycles. The van der Waals surface area contributed by atoms with E-state index in [1.54, 1.807) is 0 Å². The van der Waals surface area contributed by atoms with Gasteiger partial charge in [-0.25, -0.2) is 8.42 Å². The highest BCUT2D eigenvalue weighted by atomic mass is 79.9. The molecule has 0 aromatic heterocycles. The van der Waals surface area contributed by atoms with Crippen molar-refractivity contribution in [2.75, 3.05) is 12.3 Å². The summed E-state index contributed by atoms with van der Waals surface area (Å²) in [5.41, 5.74) is 1.05. The predicted octanol–water partition coefficient (Wildman–Crippen LogP) is 2.21. The van der Waals surface area contributed by atoms with E-state index in [-0.39, 0.29) is 16.5 Å². The maximum absolute atomic E-state index is 12.0. The second kappa shape index (κ2) is 6.72. The molecule has 110 valence electrons. The zero-order chi connectivity index (χ0) is 14.6. The van der Waals surface area contributed by atoms with E-state index in [0.29, 0.717) is 19.4 Å². The van der Waals surface area contributed by atoms with E-state index in [4.69, 9.17) is 0 Å². The fraction of sp³-hybridized carbons (Fsp3) is 0.500. The average molecular weight is 360 g/mol. The summed E-state index contributed by atoms with van der Waals surface area (Å²) in [6, 6.07) is 9.70. The molecule has 1 N–H and O–H groups in total. The zero-order valence-corrected chi connectivity index (χ0v) is 13.5. The number of carbonyl (C=O) groups excluding carboxylic acids is 1. The molecular weight excluding hydrogens is 342 g/mol. The number of hydrogen-bond acceptors (Lipinski definition) is 3. The van der Waals surface area contributed by atoms with Crippen molar-refractivity contribution in [1.82, 2.24) is 5.32 Å². The average Bonchev–Trinajstić information content (AvgIpc) is 2.45. The van der Waals surface area contributed by atoms with Gasteiger partial charge in [-0.1, -0.05) is 52.7 Å². The summed E-state index contributed by atoms with van der Waals surface area (Å²) in [5, 5.41) is 1.87. The quantitative estimate of drug-likeness (QED) is 0.838. The molecule has 1 fully saturated rings. The number of sulfone groups is 1. The number of halogens is 1. The van der Waals surface area contributed by atoms with Gasteiger partial charge in [0.25, 0.3) is 0 Å². The maximum Gasteiger partial charge on any atom is 0.238 e. The summed E-state index contributed by atoms with van der Waals surface area (Å²) in [7, 11) is -3.26. The normalized spacial score (nSPS) is 22.9. The molecule has 2 rings (SSSR count). The van der Waals surface area contributed by atoms with Crippen molar-refractivity contribution >= 4 is 31.7 Å². The van der Waals surface area contributed by atoms with E-state index >= 15 is 0 Å². The molecule has 1 heterocycles. The van der Waals surface area contributed by atoms with Gasteiger partial charge in [0.2, 0.25) is 5.91 Å². The summed E-state index contributed by atoms with van der Waals surface area (Å²) in [4.78, 5) is 12.0. The van der Waals surface area contributed by atoms with Crippen molar-refractivity contribution in [3.8, 4) is 0 Å². The third-order valence-electron chi connectivity index (χ3n) is 3.49. The van der Waals surface area contributed by atoms with Gasteiger partial charge < -0.3 is 5.32 Å². The number of rotatable bonds is 4. The Kier molecular flexibility index (Phi) is 5.21. The minimum absolute atomic E-state index is 0.0149. The van der Waals surface area contributed by atoms with E-state index in [2.05, 4.69) is 21.2 Å². The summed E-state index contributed by atoms with van der Waals surface area (Å²) in [6.07, 6.45) is 1.90. The monoisotopic (exact) mass is 359 g/mol. The van der Waals surface area contributed by atoms with Crippen molar-refractivity contribution in [2.24, 2.45) is 0 Å². The van der Waals surface area contributed by atoms with Crippen molar-refractivity contribution in [2.45, 2.75) is 29.3 Å². The van der Waals surface area contributed by atoms with Gasteiger partial charge in [-0.05, 0) is 18.4 Å². The first kappa shape index (κ1) is 15.5. The van der Waals surface area contributed by atoms with E-state index in [0.717, 1.165) is 12.0 Å². The van der Waals surface area contributed by atoms with Gasteiger partial charge in [0.15, 0.2) is 9.84 Å². The van der Waals surface area contributed by atoms with Crippen LogP contribution < -0.4 is 5.32 Å². The summed E-state index contributed by atoms with van der Waals surface area (Å²) in [5.74, 6) is -0.244. The van der Waals surface area contributed by atoms with E-state index in [9.17, 15) is 13.2 Å². The zero-order valence-electron chi connectivity index (χ0n) is 11.1. The van der Waals surface area contributed by atoms with Crippen LogP contribution in [-0.2, 0) is 14.6 Å². The number of amides is 1. The van der Waals surface area contributed by atoms with Crippen LogP contribution in [0.15, 0.2) is 30.3 Å². The predicted molar refractivity (Wildman–Crippen MR) is 82.5 cm³/mol. The molecule has 0 saturated carbocycles. The molecule has 1 aliphatic heterocycles. The van der Waals surface area contributed by atoms with Crippen LogP contribution in [0.4, 0.5) is 0 Å². The highest BCUT2D eigenvalue weighted by Gasteiger charge is 2.34. The summed E-state index contributed by atoms with van der Waals surface area (Å²) >= 11 is 3.50. The van der Waals surface area contributed by atoms with Gasteiger partial charge in [0, 0.05) is 6.54 Å². The number of alkyl halides is 1. The molecule has 4 nitrogen and oxygen atoms in total. The summed E-state index contributed by atoms with van der Waals surface area (Å²) < 4.78 is 23.7. The first-order valence-electron chi connectivity index (χ1n) is 6.69. The fourth-order valence-electron chi connectivity index (χ4n) is 2.33. The largest absolute Gasteiger partial charge is 0.354 e. The van der Waals surface area contributed by atoms with E-state index in [1.807, 2.05) is 30.3 Å². The Morgan fingerprint density at radius 2 is 2.00 bits per heavy atom. The minimum Gasteiger partial charge on any atom is -0.354 e. The molecule has 1 saturated heterocycles. The third-order valence-corrected chi connectivity index (χ3v) is 6.51. The Labute approximate surface area is 128 Å². The lowest BCUT2D eigenvalue weighted by Crippen LogP contribution is -2.43. The van der Waals surface area contributed by atoms with Crippen LogP contribution in [0.2, 0.25) is 0 Å². The fourth-order valence-corrected chi connectivity index (χ4v) is 4.63. The van der Waals surface area contributed by atoms with Gasteiger partial charge >= 0.3 is 0 Å². The van der Waals surface area contributed by atoms with Crippen LogP contribution in [0.3, 0.4) is 0 Å². The number of hydrogen-bond donors (Lipinski definition) is 1. The molecular formula is C14H18BrNO3S. The standard InChI is InChI=1S/C14H18BrNO3S/c15-12(11-6-2-1-3-7-11)10-16-14(17)13-8-4-5-9-20(13,18)19/h1-3,6-7,12-13H,4-5,8-10H2,(H,16,17). The first-order chi connectivity index (χ1) is 9.50. The smallest absolute Gasteiger partial charge is 0.238 e. The van der Waals surface area contributed by atoms with Crippen LogP contribution in [0, 0.1) is 0 Å². The Balaban J connectivity index is 1.92. The minimum atomic E-state index is -3.26. The van der Waals surface area contributed by atoms with Crippen LogP contribution in [0.25, 0.3) is 0 Å². The number of nitrogens with one attached hydrogen (secondary N) is 1. The molecule has 0 spiro atoms. The molecule has 1 amide bonds. The second-order valence-electron chi connectivity index (χ2n) is 4.97. The molecule has 20 heavy (non-hydrogen) atoms. The van der Waals surface area contributed by atoms with Gasteiger partial charge in [-0.3, -0.25) is 4.79 Å². The Bertz CT molecular complexity index is 559. The van der Waals surface area contributed by atoms with Crippen LogP contribution >= 0.6 is 15.9 Å². The lowest BCUT2D eigenvalue weighted by Gasteiger charge is -2.22. The molecule has 1 aromatic carbocycles. The first-order valence-corrected chi connectivity index (χ1v) is 9.32. The van der Waals surface area contributed by atoms with Gasteiger partial charge in [0.1, 0.15) is 5.25 Å². The summed E-state index contributed by atoms with van der Waals surface area (Å²) in [6.45, 7) is 0.384. The van der Waals surface area contributed by atoms with Crippen LogP contribution in [-0.4, -0.2) is 31.9 Å². The third kappa shape index (κ3) is 3.82.